The third-order valence-electron chi connectivity index (χ3n) is 2.31. The first kappa shape index (κ1) is 19.1. The minimum atomic E-state index is -4.00. The molecule has 0 amide bonds. The Balaban J connectivity index is 0.00000361. The predicted octanol–water partition coefficient (Wildman–Crippen LogP) is 1.56. The molecular formula is C10H15Cl2N3O4S. The Morgan fingerprint density at radius 3 is 2.55 bits per heavy atom. The van der Waals surface area contributed by atoms with Crippen molar-refractivity contribution in [2.24, 2.45) is 0 Å². The van der Waals surface area contributed by atoms with Gasteiger partial charge in [-0.25, -0.2) is 13.1 Å². The molecule has 0 unspecified atom stereocenters. The van der Waals surface area contributed by atoms with Gasteiger partial charge in [0.05, 0.1) is 9.95 Å². The van der Waals surface area contributed by atoms with E-state index in [9.17, 15) is 18.5 Å². The Morgan fingerprint density at radius 1 is 1.35 bits per heavy atom. The molecule has 0 aliphatic rings. The van der Waals surface area contributed by atoms with Gasteiger partial charge in [-0.3, -0.25) is 10.1 Å². The summed E-state index contributed by atoms with van der Waals surface area (Å²) in [6, 6.07) is 3.74. The molecule has 0 atom stereocenters. The number of hydrogen-bond donors (Lipinski definition) is 2. The predicted molar refractivity (Wildman–Crippen MR) is 79.1 cm³/mol. The van der Waals surface area contributed by atoms with Crippen molar-refractivity contribution in [3.63, 3.8) is 0 Å². The second-order valence-corrected chi connectivity index (χ2v) is 5.81. The SMILES string of the molecule is CNCCCNS(=O)(=O)c1c(Cl)cccc1[N+](=O)[O-].Cl. The highest BCUT2D eigenvalue weighted by Crippen LogP contribution is 2.30. The maximum Gasteiger partial charge on any atom is 0.290 e. The summed E-state index contributed by atoms with van der Waals surface area (Å²) in [5.74, 6) is 0. The lowest BCUT2D eigenvalue weighted by Gasteiger charge is -2.08. The molecule has 0 radical (unpaired) electrons. The van der Waals surface area contributed by atoms with E-state index in [1.807, 2.05) is 0 Å². The summed E-state index contributed by atoms with van der Waals surface area (Å²) in [6.45, 7) is 0.804. The topological polar surface area (TPSA) is 101 Å². The van der Waals surface area contributed by atoms with E-state index in [4.69, 9.17) is 11.6 Å². The number of rotatable bonds is 7. The second-order valence-electron chi connectivity index (χ2n) is 3.70. The quantitative estimate of drug-likeness (QED) is 0.444. The first-order chi connectivity index (χ1) is 8.90. The summed E-state index contributed by atoms with van der Waals surface area (Å²) in [4.78, 5) is 9.58. The van der Waals surface area contributed by atoms with E-state index in [1.165, 1.54) is 12.1 Å². The number of nitrogens with zero attached hydrogens (tertiary/aromatic N) is 1. The molecule has 0 aromatic heterocycles. The third-order valence-corrected chi connectivity index (χ3v) is 4.28. The molecule has 1 aromatic carbocycles. The van der Waals surface area contributed by atoms with Gasteiger partial charge >= 0.3 is 0 Å². The van der Waals surface area contributed by atoms with Gasteiger partial charge in [-0.05, 0) is 26.1 Å². The van der Waals surface area contributed by atoms with Gasteiger partial charge in [-0.1, -0.05) is 17.7 Å². The molecule has 7 nitrogen and oxygen atoms in total. The maximum absolute atomic E-state index is 12.0. The third kappa shape index (κ3) is 4.88. The van der Waals surface area contributed by atoms with Crippen LogP contribution in [-0.4, -0.2) is 33.5 Å². The minimum Gasteiger partial charge on any atom is -0.320 e. The lowest BCUT2D eigenvalue weighted by molar-refractivity contribution is -0.387. The Kier molecular flexibility index (Phi) is 7.99. The number of hydrogen-bond acceptors (Lipinski definition) is 5. The van der Waals surface area contributed by atoms with E-state index >= 15 is 0 Å². The average Bonchev–Trinajstić information content (AvgIpc) is 2.34. The van der Waals surface area contributed by atoms with Crippen molar-refractivity contribution >= 4 is 39.7 Å². The van der Waals surface area contributed by atoms with E-state index in [0.717, 1.165) is 6.07 Å². The fourth-order valence-corrected chi connectivity index (χ4v) is 3.23. The zero-order valence-electron chi connectivity index (χ0n) is 10.6. The standard InChI is InChI=1S/C10H14ClN3O4S.ClH/c1-12-6-3-7-13-19(17,18)10-8(11)4-2-5-9(10)14(15)16;/h2,4-5,12-13H,3,6-7H2,1H3;1H. The highest BCUT2D eigenvalue weighted by molar-refractivity contribution is 7.89. The van der Waals surface area contributed by atoms with E-state index in [1.54, 1.807) is 7.05 Å². The number of nitro benzene ring substituents is 1. The number of nitrogens with one attached hydrogen (secondary N) is 2. The molecule has 0 saturated carbocycles. The Hall–Kier alpha value is -0.930. The van der Waals surface area contributed by atoms with Crippen molar-refractivity contribution in [3.8, 4) is 0 Å². The van der Waals surface area contributed by atoms with Crippen molar-refractivity contribution in [2.45, 2.75) is 11.3 Å². The van der Waals surface area contributed by atoms with E-state index in [2.05, 4.69) is 10.0 Å². The van der Waals surface area contributed by atoms with Crippen LogP contribution in [0.25, 0.3) is 0 Å². The van der Waals surface area contributed by atoms with Crippen molar-refractivity contribution in [1.82, 2.24) is 10.0 Å². The van der Waals surface area contributed by atoms with E-state index < -0.39 is 25.5 Å². The molecule has 0 heterocycles. The number of sulfonamides is 1. The summed E-state index contributed by atoms with van der Waals surface area (Å²) < 4.78 is 26.3. The van der Waals surface area contributed by atoms with Crippen LogP contribution in [0.1, 0.15) is 6.42 Å². The average molecular weight is 344 g/mol. The summed E-state index contributed by atoms with van der Waals surface area (Å²) in [5, 5.41) is 13.5. The monoisotopic (exact) mass is 343 g/mol. The van der Waals surface area contributed by atoms with Crippen LogP contribution < -0.4 is 10.0 Å². The van der Waals surface area contributed by atoms with Gasteiger partial charge in [0, 0.05) is 12.6 Å². The van der Waals surface area contributed by atoms with Crippen LogP contribution in [0.4, 0.5) is 5.69 Å². The molecule has 0 aliphatic heterocycles. The first-order valence-electron chi connectivity index (χ1n) is 5.47. The zero-order valence-corrected chi connectivity index (χ0v) is 13.0. The van der Waals surface area contributed by atoms with Crippen LogP contribution in [0.3, 0.4) is 0 Å². The van der Waals surface area contributed by atoms with Gasteiger partial charge in [-0.15, -0.1) is 12.4 Å². The minimum absolute atomic E-state index is 0. The molecule has 114 valence electrons. The smallest absolute Gasteiger partial charge is 0.290 e. The Morgan fingerprint density at radius 2 is 2.00 bits per heavy atom. The fraction of sp³-hybridized carbons (Fsp3) is 0.400. The van der Waals surface area contributed by atoms with E-state index in [-0.39, 0.29) is 24.0 Å². The maximum atomic E-state index is 12.0. The highest BCUT2D eigenvalue weighted by Gasteiger charge is 2.28. The van der Waals surface area contributed by atoms with Crippen LogP contribution >= 0.6 is 24.0 Å². The van der Waals surface area contributed by atoms with Crippen LogP contribution in [0.5, 0.6) is 0 Å². The van der Waals surface area contributed by atoms with Gasteiger partial charge in [0.1, 0.15) is 0 Å². The van der Waals surface area contributed by atoms with Crippen molar-refractivity contribution in [3.05, 3.63) is 33.3 Å². The Labute approximate surface area is 128 Å². The fourth-order valence-electron chi connectivity index (χ4n) is 1.45. The molecule has 0 bridgehead atoms. The normalized spacial score (nSPS) is 10.9. The van der Waals surface area contributed by atoms with Crippen LogP contribution in [-0.2, 0) is 10.0 Å². The molecule has 0 saturated heterocycles. The summed E-state index contributed by atoms with van der Waals surface area (Å²) in [7, 11) is -2.26. The molecule has 1 aromatic rings. The van der Waals surface area contributed by atoms with Crippen molar-refractivity contribution in [2.75, 3.05) is 20.1 Å². The molecule has 0 aliphatic carbocycles. The molecule has 0 fully saturated rings. The van der Waals surface area contributed by atoms with Gasteiger partial charge in [-0.2, -0.15) is 0 Å². The lowest BCUT2D eigenvalue weighted by atomic mass is 10.3. The molecule has 2 N–H and O–H groups in total. The van der Waals surface area contributed by atoms with Gasteiger partial charge in [0.2, 0.25) is 10.0 Å². The lowest BCUT2D eigenvalue weighted by Crippen LogP contribution is -2.27. The molecule has 1 rings (SSSR count). The summed E-state index contributed by atoms with van der Waals surface area (Å²) in [6.07, 6.45) is 0.563. The summed E-state index contributed by atoms with van der Waals surface area (Å²) >= 11 is 5.76. The van der Waals surface area contributed by atoms with Gasteiger partial charge in [0.25, 0.3) is 5.69 Å². The molecular weight excluding hydrogens is 329 g/mol. The van der Waals surface area contributed by atoms with Gasteiger partial charge in [0.15, 0.2) is 4.90 Å². The van der Waals surface area contributed by atoms with E-state index in [0.29, 0.717) is 13.0 Å². The second kappa shape index (κ2) is 8.38. The van der Waals surface area contributed by atoms with Crippen molar-refractivity contribution < 1.29 is 13.3 Å². The number of halogens is 2. The summed E-state index contributed by atoms with van der Waals surface area (Å²) in [5.41, 5.74) is -0.534. The first-order valence-corrected chi connectivity index (χ1v) is 7.33. The molecule has 20 heavy (non-hydrogen) atoms. The number of nitro groups is 1. The largest absolute Gasteiger partial charge is 0.320 e. The number of benzene rings is 1. The van der Waals surface area contributed by atoms with Crippen LogP contribution in [0.2, 0.25) is 5.02 Å². The Bertz CT molecular complexity index is 566. The van der Waals surface area contributed by atoms with Crippen molar-refractivity contribution in [1.29, 1.82) is 0 Å². The highest BCUT2D eigenvalue weighted by atomic mass is 35.5. The zero-order chi connectivity index (χ0) is 14.5. The molecule has 10 heteroatoms. The van der Waals surface area contributed by atoms with Crippen LogP contribution in [0.15, 0.2) is 23.1 Å². The van der Waals surface area contributed by atoms with Crippen LogP contribution in [0, 0.1) is 10.1 Å². The van der Waals surface area contributed by atoms with Gasteiger partial charge < -0.3 is 5.32 Å². The molecule has 0 spiro atoms.